The van der Waals surface area contributed by atoms with Crippen molar-refractivity contribution in [3.05, 3.63) is 65.8 Å². The lowest BCUT2D eigenvalue weighted by atomic mass is 10.0. The molecular weight excluding hydrogens is 392 g/mol. The third-order valence-electron chi connectivity index (χ3n) is 4.93. The summed E-state index contributed by atoms with van der Waals surface area (Å²) in [6.07, 6.45) is 1.09. The van der Waals surface area contributed by atoms with Gasteiger partial charge in [0, 0.05) is 30.6 Å². The van der Waals surface area contributed by atoms with Gasteiger partial charge in [0.05, 0.1) is 17.1 Å². The zero-order valence-electron chi connectivity index (χ0n) is 15.7. The molecule has 2 heterocycles. The van der Waals surface area contributed by atoms with E-state index >= 15 is 0 Å². The van der Waals surface area contributed by atoms with Gasteiger partial charge in [0.2, 0.25) is 0 Å². The summed E-state index contributed by atoms with van der Waals surface area (Å²) in [6.45, 7) is 0.553. The molecule has 1 N–H and O–H groups in total. The fraction of sp³-hybridized carbons (Fsp3) is 0.273. The van der Waals surface area contributed by atoms with Crippen LogP contribution in [-0.2, 0) is 4.79 Å². The van der Waals surface area contributed by atoms with Crippen LogP contribution >= 0.6 is 11.6 Å². The van der Waals surface area contributed by atoms with Crippen molar-refractivity contribution in [2.24, 2.45) is 0 Å². The monoisotopic (exact) mass is 412 g/mol. The molecule has 7 heteroatoms. The summed E-state index contributed by atoms with van der Waals surface area (Å²) in [5, 5.41) is 12.0. The summed E-state index contributed by atoms with van der Waals surface area (Å²) in [5.41, 5.74) is 0.837. The number of pyridine rings is 1. The third-order valence-corrected chi connectivity index (χ3v) is 5.24. The number of likely N-dealkylation sites (tertiary alicyclic amines) is 1. The maximum Gasteiger partial charge on any atom is 0.260 e. The number of rotatable bonds is 5. The Labute approximate surface area is 173 Å². The van der Waals surface area contributed by atoms with Gasteiger partial charge in [0.1, 0.15) is 23.7 Å². The molecule has 3 aromatic rings. The lowest BCUT2D eigenvalue weighted by Gasteiger charge is -2.35. The van der Waals surface area contributed by atoms with Crippen LogP contribution in [0.25, 0.3) is 10.9 Å². The van der Waals surface area contributed by atoms with E-state index in [4.69, 9.17) is 21.1 Å². The number of benzene rings is 2. The quantitative estimate of drug-likeness (QED) is 0.696. The summed E-state index contributed by atoms with van der Waals surface area (Å²) in [7, 11) is 0. The van der Waals surface area contributed by atoms with Crippen LogP contribution in [0.3, 0.4) is 0 Å². The van der Waals surface area contributed by atoms with Gasteiger partial charge in [-0.2, -0.15) is 0 Å². The van der Waals surface area contributed by atoms with Crippen molar-refractivity contribution in [3.63, 3.8) is 0 Å². The molecule has 1 amide bonds. The number of amides is 1. The molecule has 1 aliphatic heterocycles. The van der Waals surface area contributed by atoms with Gasteiger partial charge in [-0.25, -0.2) is 0 Å². The Morgan fingerprint density at radius 3 is 2.90 bits per heavy atom. The summed E-state index contributed by atoms with van der Waals surface area (Å²) >= 11 is 6.04. The lowest BCUT2D eigenvalue weighted by molar-refractivity contribution is -0.139. The molecule has 29 heavy (non-hydrogen) atoms. The van der Waals surface area contributed by atoms with Gasteiger partial charge >= 0.3 is 0 Å². The van der Waals surface area contributed by atoms with Crippen LogP contribution in [0.1, 0.15) is 6.42 Å². The third kappa shape index (κ3) is 4.60. The van der Waals surface area contributed by atoms with E-state index < -0.39 is 6.10 Å². The van der Waals surface area contributed by atoms with Crippen LogP contribution in [0.2, 0.25) is 5.02 Å². The number of piperidine rings is 1. The minimum Gasteiger partial charge on any atom is -0.488 e. The van der Waals surface area contributed by atoms with Crippen LogP contribution in [0.15, 0.2) is 60.8 Å². The Bertz CT molecular complexity index is 1010. The standard InChI is InChI=1S/C22H21ClN2O4/c23-17-5-1-2-6-20(17)28-14-22(27)25-11-9-21(19(26)13-25)29-16-8-7-15-4-3-10-24-18(15)12-16/h1-8,10,12,19,21,26H,9,11,13-14H2/t19-,21-/m1/s1. The molecule has 0 unspecified atom stereocenters. The van der Waals surface area contributed by atoms with Crippen molar-refractivity contribution < 1.29 is 19.4 Å². The van der Waals surface area contributed by atoms with Crippen LogP contribution in [0, 0.1) is 0 Å². The number of aromatic nitrogens is 1. The molecule has 6 nitrogen and oxygen atoms in total. The minimum atomic E-state index is -0.785. The van der Waals surface area contributed by atoms with Crippen LogP contribution in [0.5, 0.6) is 11.5 Å². The Balaban J connectivity index is 1.32. The molecule has 150 valence electrons. The highest BCUT2D eigenvalue weighted by atomic mass is 35.5. The molecule has 0 aliphatic carbocycles. The number of β-amino-alcohol motifs (C(OH)–C–C–N with tert-alkyl or cyclic N) is 1. The molecular formula is C22H21ClN2O4. The number of carbonyl (C=O) groups excluding carboxylic acids is 1. The summed E-state index contributed by atoms with van der Waals surface area (Å²) < 4.78 is 11.5. The normalized spacial score (nSPS) is 19.2. The van der Waals surface area contributed by atoms with Crippen molar-refractivity contribution in [2.45, 2.75) is 18.6 Å². The smallest absolute Gasteiger partial charge is 0.260 e. The maximum absolute atomic E-state index is 12.4. The molecule has 1 aromatic heterocycles. The summed E-state index contributed by atoms with van der Waals surface area (Å²) in [4.78, 5) is 18.3. The molecule has 1 aliphatic rings. The van der Waals surface area contributed by atoms with Gasteiger partial charge in [-0.3, -0.25) is 9.78 Å². The lowest BCUT2D eigenvalue weighted by Crippen LogP contribution is -2.52. The van der Waals surface area contributed by atoms with E-state index in [0.717, 1.165) is 10.9 Å². The van der Waals surface area contributed by atoms with E-state index in [2.05, 4.69) is 4.98 Å². The van der Waals surface area contributed by atoms with Crippen molar-refractivity contribution in [1.29, 1.82) is 0 Å². The number of ether oxygens (including phenoxy) is 2. The van der Waals surface area contributed by atoms with Crippen molar-refractivity contribution >= 4 is 28.4 Å². The Hall–Kier alpha value is -2.83. The number of hydrogen-bond donors (Lipinski definition) is 1. The molecule has 2 aromatic carbocycles. The molecule has 1 fully saturated rings. The Kier molecular flexibility index (Phi) is 5.83. The molecule has 2 atom stereocenters. The first-order valence-corrected chi connectivity index (χ1v) is 9.82. The number of fused-ring (bicyclic) bond motifs is 1. The molecule has 0 bridgehead atoms. The van der Waals surface area contributed by atoms with Gasteiger partial charge in [0.25, 0.3) is 5.91 Å². The number of hydrogen-bond acceptors (Lipinski definition) is 5. The topological polar surface area (TPSA) is 71.9 Å². The zero-order valence-corrected chi connectivity index (χ0v) is 16.5. The zero-order chi connectivity index (χ0) is 20.2. The number of halogens is 1. The van der Waals surface area contributed by atoms with Crippen LogP contribution < -0.4 is 9.47 Å². The number of para-hydroxylation sites is 1. The first-order chi connectivity index (χ1) is 14.1. The van der Waals surface area contributed by atoms with Crippen molar-refractivity contribution in [2.75, 3.05) is 19.7 Å². The fourth-order valence-electron chi connectivity index (χ4n) is 3.36. The Morgan fingerprint density at radius 2 is 2.07 bits per heavy atom. The average Bonchev–Trinajstić information content (AvgIpc) is 2.74. The predicted molar refractivity (Wildman–Crippen MR) is 110 cm³/mol. The second-order valence-electron chi connectivity index (χ2n) is 6.93. The van der Waals surface area contributed by atoms with Gasteiger partial charge in [-0.15, -0.1) is 0 Å². The fourth-order valence-corrected chi connectivity index (χ4v) is 3.55. The first-order valence-electron chi connectivity index (χ1n) is 9.45. The highest BCUT2D eigenvalue weighted by Gasteiger charge is 2.31. The molecule has 0 spiro atoms. The summed E-state index contributed by atoms with van der Waals surface area (Å²) in [6, 6.07) is 16.5. The molecule has 4 rings (SSSR count). The van der Waals surface area contributed by atoms with Gasteiger partial charge < -0.3 is 19.5 Å². The largest absolute Gasteiger partial charge is 0.488 e. The average molecular weight is 413 g/mol. The van der Waals surface area contributed by atoms with Crippen LogP contribution in [-0.4, -0.2) is 52.8 Å². The van der Waals surface area contributed by atoms with Gasteiger partial charge in [-0.05, 0) is 30.3 Å². The van der Waals surface area contributed by atoms with Crippen molar-refractivity contribution in [3.8, 4) is 11.5 Å². The summed E-state index contributed by atoms with van der Waals surface area (Å²) in [5.74, 6) is 0.922. The minimum absolute atomic E-state index is 0.127. The van der Waals surface area contributed by atoms with E-state index in [1.54, 1.807) is 35.4 Å². The molecule has 0 radical (unpaired) electrons. The number of nitrogens with zero attached hydrogens (tertiary/aromatic N) is 2. The first kappa shape index (κ1) is 19.5. The number of carbonyl (C=O) groups is 1. The SMILES string of the molecule is O=C(COc1ccccc1Cl)N1CC[C@@H](Oc2ccc3cccnc3c2)[C@H](O)C1. The second-order valence-corrected chi connectivity index (χ2v) is 7.34. The molecule has 0 saturated carbocycles. The highest BCUT2D eigenvalue weighted by molar-refractivity contribution is 6.32. The van der Waals surface area contributed by atoms with E-state index in [9.17, 15) is 9.90 Å². The van der Waals surface area contributed by atoms with E-state index in [-0.39, 0.29) is 25.2 Å². The number of aliphatic hydroxyl groups is 1. The second kappa shape index (κ2) is 8.68. The van der Waals surface area contributed by atoms with E-state index in [0.29, 0.717) is 29.5 Å². The molecule has 1 saturated heterocycles. The highest BCUT2D eigenvalue weighted by Crippen LogP contribution is 2.25. The Morgan fingerprint density at radius 1 is 1.21 bits per heavy atom. The van der Waals surface area contributed by atoms with Crippen LogP contribution in [0.4, 0.5) is 0 Å². The van der Waals surface area contributed by atoms with Crippen molar-refractivity contribution in [1.82, 2.24) is 9.88 Å². The number of aliphatic hydroxyl groups excluding tert-OH is 1. The van der Waals surface area contributed by atoms with Gasteiger partial charge in [-0.1, -0.05) is 29.8 Å². The predicted octanol–water partition coefficient (Wildman–Crippen LogP) is 3.31. The maximum atomic E-state index is 12.4. The van der Waals surface area contributed by atoms with Gasteiger partial charge in [0.15, 0.2) is 6.61 Å². The van der Waals surface area contributed by atoms with E-state index in [1.807, 2.05) is 30.3 Å². The van der Waals surface area contributed by atoms with E-state index in [1.165, 1.54) is 0 Å².